The summed E-state index contributed by atoms with van der Waals surface area (Å²) in [6, 6.07) is 5.30. The third-order valence-electron chi connectivity index (χ3n) is 2.48. The first-order valence-electron chi connectivity index (χ1n) is 5.04. The summed E-state index contributed by atoms with van der Waals surface area (Å²) >= 11 is 0. The number of benzene rings is 1. The van der Waals surface area contributed by atoms with Gasteiger partial charge in [-0.05, 0) is 31.4 Å². The maximum Gasteiger partial charge on any atom is 0.272 e. The van der Waals surface area contributed by atoms with Crippen LogP contribution in [0.15, 0.2) is 18.2 Å². The van der Waals surface area contributed by atoms with E-state index in [-0.39, 0.29) is 16.7 Å². The molecule has 1 unspecified atom stereocenters. The molecule has 4 heteroatoms. The number of hydrogen-bond donors (Lipinski definition) is 1. The lowest BCUT2D eigenvalue weighted by atomic mass is 10.0. The lowest BCUT2D eigenvalue weighted by Crippen LogP contribution is -2.21. The van der Waals surface area contributed by atoms with Crippen molar-refractivity contribution in [3.63, 3.8) is 0 Å². The fraction of sp³-hybridized carbons (Fsp3) is 0.455. The minimum Gasteiger partial charge on any atom is -0.327 e. The molecule has 4 nitrogen and oxygen atoms in total. The summed E-state index contributed by atoms with van der Waals surface area (Å²) in [4.78, 5) is 10.2. The standard InChI is InChI=1S/C11H16N2O2/c1-3-10(12)7-9-4-5-11(13(14)15)8(2)6-9/h4-6,10H,3,7,12H2,1-2H3. The second-order valence-corrected chi connectivity index (χ2v) is 3.75. The van der Waals surface area contributed by atoms with Crippen LogP contribution in [0.2, 0.25) is 0 Å². The minimum absolute atomic E-state index is 0.130. The van der Waals surface area contributed by atoms with Gasteiger partial charge in [-0.1, -0.05) is 13.0 Å². The van der Waals surface area contributed by atoms with E-state index >= 15 is 0 Å². The Bertz CT molecular complexity index is 364. The van der Waals surface area contributed by atoms with Crippen molar-refractivity contribution in [3.05, 3.63) is 39.4 Å². The van der Waals surface area contributed by atoms with Crippen molar-refractivity contribution >= 4 is 5.69 Å². The lowest BCUT2D eigenvalue weighted by molar-refractivity contribution is -0.385. The van der Waals surface area contributed by atoms with E-state index in [1.807, 2.05) is 13.0 Å². The zero-order valence-electron chi connectivity index (χ0n) is 9.06. The molecule has 0 radical (unpaired) electrons. The van der Waals surface area contributed by atoms with Crippen LogP contribution in [0.5, 0.6) is 0 Å². The average molecular weight is 208 g/mol. The maximum absolute atomic E-state index is 10.6. The zero-order valence-corrected chi connectivity index (χ0v) is 9.06. The first-order valence-corrected chi connectivity index (χ1v) is 5.04. The van der Waals surface area contributed by atoms with E-state index in [2.05, 4.69) is 0 Å². The molecule has 2 N–H and O–H groups in total. The number of nitro benzene ring substituents is 1. The van der Waals surface area contributed by atoms with Gasteiger partial charge >= 0.3 is 0 Å². The van der Waals surface area contributed by atoms with Gasteiger partial charge in [0.15, 0.2) is 0 Å². The molecule has 0 spiro atoms. The largest absolute Gasteiger partial charge is 0.327 e. The van der Waals surface area contributed by atoms with E-state index in [0.29, 0.717) is 5.56 Å². The molecule has 0 aromatic heterocycles. The topological polar surface area (TPSA) is 69.2 Å². The van der Waals surface area contributed by atoms with Gasteiger partial charge in [-0.15, -0.1) is 0 Å². The Balaban J connectivity index is 2.87. The van der Waals surface area contributed by atoms with Crippen LogP contribution < -0.4 is 5.73 Å². The molecular formula is C11H16N2O2. The highest BCUT2D eigenvalue weighted by atomic mass is 16.6. The van der Waals surface area contributed by atoms with Gasteiger partial charge in [-0.25, -0.2) is 0 Å². The van der Waals surface area contributed by atoms with Crippen molar-refractivity contribution in [2.75, 3.05) is 0 Å². The predicted molar refractivity (Wildman–Crippen MR) is 59.8 cm³/mol. The van der Waals surface area contributed by atoms with Crippen molar-refractivity contribution in [2.45, 2.75) is 32.7 Å². The lowest BCUT2D eigenvalue weighted by Gasteiger charge is -2.09. The van der Waals surface area contributed by atoms with Gasteiger partial charge in [-0.3, -0.25) is 10.1 Å². The van der Waals surface area contributed by atoms with E-state index in [4.69, 9.17) is 5.73 Å². The predicted octanol–water partition coefficient (Wildman–Crippen LogP) is 2.18. The number of nitro groups is 1. The van der Waals surface area contributed by atoms with Crippen LogP contribution in [0.1, 0.15) is 24.5 Å². The molecule has 0 heterocycles. The first-order chi connectivity index (χ1) is 7.04. The molecule has 0 fully saturated rings. The van der Waals surface area contributed by atoms with E-state index in [1.54, 1.807) is 19.1 Å². The van der Waals surface area contributed by atoms with Gasteiger partial charge in [-0.2, -0.15) is 0 Å². The summed E-state index contributed by atoms with van der Waals surface area (Å²) in [6.45, 7) is 3.78. The van der Waals surface area contributed by atoms with E-state index in [9.17, 15) is 10.1 Å². The highest BCUT2D eigenvalue weighted by molar-refractivity contribution is 5.41. The third kappa shape index (κ3) is 3.02. The average Bonchev–Trinajstić information content (AvgIpc) is 2.17. The molecule has 15 heavy (non-hydrogen) atoms. The Morgan fingerprint density at radius 3 is 2.67 bits per heavy atom. The summed E-state index contributed by atoms with van der Waals surface area (Å²) in [5, 5.41) is 10.6. The van der Waals surface area contributed by atoms with Crippen LogP contribution in [0.4, 0.5) is 5.69 Å². The molecule has 1 atom stereocenters. The van der Waals surface area contributed by atoms with E-state index < -0.39 is 0 Å². The molecule has 1 aromatic carbocycles. The van der Waals surface area contributed by atoms with Gasteiger partial charge in [0.1, 0.15) is 0 Å². The summed E-state index contributed by atoms with van der Waals surface area (Å²) in [7, 11) is 0. The number of hydrogen-bond acceptors (Lipinski definition) is 3. The maximum atomic E-state index is 10.6. The van der Waals surface area contributed by atoms with Crippen molar-refractivity contribution < 1.29 is 4.92 Å². The Hall–Kier alpha value is -1.42. The molecule has 0 aliphatic heterocycles. The Morgan fingerprint density at radius 1 is 1.53 bits per heavy atom. The number of nitrogens with two attached hydrogens (primary N) is 1. The molecular weight excluding hydrogens is 192 g/mol. The molecule has 0 amide bonds. The fourth-order valence-corrected chi connectivity index (χ4v) is 1.50. The van der Waals surface area contributed by atoms with Crippen LogP contribution in [0.25, 0.3) is 0 Å². The van der Waals surface area contributed by atoms with E-state index in [0.717, 1.165) is 18.4 Å². The molecule has 0 bridgehead atoms. The second kappa shape index (κ2) is 4.89. The summed E-state index contributed by atoms with van der Waals surface area (Å²) in [6.07, 6.45) is 1.69. The second-order valence-electron chi connectivity index (χ2n) is 3.75. The van der Waals surface area contributed by atoms with Gasteiger partial charge < -0.3 is 5.73 Å². The van der Waals surface area contributed by atoms with Crippen molar-refractivity contribution in [1.82, 2.24) is 0 Å². The highest BCUT2D eigenvalue weighted by Crippen LogP contribution is 2.19. The Morgan fingerprint density at radius 2 is 2.20 bits per heavy atom. The smallest absolute Gasteiger partial charge is 0.272 e. The van der Waals surface area contributed by atoms with E-state index in [1.165, 1.54) is 0 Å². The van der Waals surface area contributed by atoms with Gasteiger partial charge in [0.25, 0.3) is 5.69 Å². The summed E-state index contributed by atoms with van der Waals surface area (Å²) < 4.78 is 0. The van der Waals surface area contributed by atoms with Crippen molar-refractivity contribution in [3.8, 4) is 0 Å². The number of nitrogens with zero attached hydrogens (tertiary/aromatic N) is 1. The SMILES string of the molecule is CCC(N)Cc1ccc([N+](=O)[O-])c(C)c1. The quantitative estimate of drug-likeness (QED) is 0.609. The van der Waals surface area contributed by atoms with Gasteiger partial charge in [0.2, 0.25) is 0 Å². The van der Waals surface area contributed by atoms with Crippen molar-refractivity contribution in [2.24, 2.45) is 5.73 Å². The highest BCUT2D eigenvalue weighted by Gasteiger charge is 2.10. The monoisotopic (exact) mass is 208 g/mol. The summed E-state index contributed by atoms with van der Waals surface area (Å²) in [5.41, 5.74) is 7.75. The zero-order chi connectivity index (χ0) is 11.4. The normalized spacial score (nSPS) is 12.5. The fourth-order valence-electron chi connectivity index (χ4n) is 1.50. The third-order valence-corrected chi connectivity index (χ3v) is 2.48. The van der Waals surface area contributed by atoms with Gasteiger partial charge in [0, 0.05) is 17.7 Å². The van der Waals surface area contributed by atoms with Crippen LogP contribution >= 0.6 is 0 Å². The molecule has 0 aliphatic carbocycles. The van der Waals surface area contributed by atoms with Crippen molar-refractivity contribution in [1.29, 1.82) is 0 Å². The molecule has 0 saturated carbocycles. The minimum atomic E-state index is -0.362. The molecule has 1 aromatic rings. The van der Waals surface area contributed by atoms with Crippen LogP contribution in [0, 0.1) is 17.0 Å². The summed E-state index contributed by atoms with van der Waals surface area (Å²) in [5.74, 6) is 0. The Labute approximate surface area is 89.2 Å². The molecule has 0 aliphatic rings. The molecule has 0 saturated heterocycles. The molecule has 1 rings (SSSR count). The van der Waals surface area contributed by atoms with Crippen LogP contribution in [-0.4, -0.2) is 11.0 Å². The van der Waals surface area contributed by atoms with Crippen LogP contribution in [0.3, 0.4) is 0 Å². The first kappa shape index (κ1) is 11.7. The Kier molecular flexibility index (Phi) is 3.80. The number of rotatable bonds is 4. The molecule has 82 valence electrons. The van der Waals surface area contributed by atoms with Crippen LogP contribution in [-0.2, 0) is 6.42 Å². The van der Waals surface area contributed by atoms with Gasteiger partial charge in [0.05, 0.1) is 4.92 Å². The number of aryl methyl sites for hydroxylation is 1.